The van der Waals surface area contributed by atoms with E-state index in [0.29, 0.717) is 12.3 Å². The van der Waals surface area contributed by atoms with Gasteiger partial charge in [0.1, 0.15) is 6.17 Å². The molecular formula is C13H19F. The average molecular weight is 194 g/mol. The van der Waals surface area contributed by atoms with E-state index in [9.17, 15) is 4.39 Å². The molecule has 0 amide bonds. The summed E-state index contributed by atoms with van der Waals surface area (Å²) in [5.41, 5.74) is 3.33. The van der Waals surface area contributed by atoms with Gasteiger partial charge in [-0.2, -0.15) is 0 Å². The number of hydrogen-bond donors (Lipinski definition) is 0. The van der Waals surface area contributed by atoms with E-state index in [-0.39, 0.29) is 0 Å². The third-order valence-electron chi connectivity index (χ3n) is 2.64. The van der Waals surface area contributed by atoms with Crippen molar-refractivity contribution in [2.24, 2.45) is 0 Å². The predicted molar refractivity (Wildman–Crippen MR) is 59.4 cm³/mol. The molecule has 0 aliphatic carbocycles. The van der Waals surface area contributed by atoms with Gasteiger partial charge in [0.15, 0.2) is 0 Å². The summed E-state index contributed by atoms with van der Waals surface area (Å²) in [5.74, 6) is 0.517. The topological polar surface area (TPSA) is 0 Å². The monoisotopic (exact) mass is 194 g/mol. The number of benzene rings is 1. The first kappa shape index (κ1) is 11.2. The lowest BCUT2D eigenvalue weighted by Gasteiger charge is -2.12. The normalized spacial score (nSPS) is 13.3. The van der Waals surface area contributed by atoms with Crippen molar-refractivity contribution in [3.8, 4) is 0 Å². The Hall–Kier alpha value is -0.850. The maximum Gasteiger partial charge on any atom is 0.125 e. The van der Waals surface area contributed by atoms with Crippen LogP contribution in [-0.4, -0.2) is 0 Å². The lowest BCUT2D eigenvalue weighted by molar-refractivity contribution is 0.334. The van der Waals surface area contributed by atoms with E-state index in [1.54, 1.807) is 0 Å². The van der Waals surface area contributed by atoms with Crippen molar-refractivity contribution >= 4 is 0 Å². The van der Waals surface area contributed by atoms with E-state index in [1.807, 2.05) is 19.1 Å². The summed E-state index contributed by atoms with van der Waals surface area (Å²) in [6, 6.07) is 5.94. The van der Waals surface area contributed by atoms with Gasteiger partial charge in [-0.15, -0.1) is 0 Å². The molecule has 1 rings (SSSR count). The third kappa shape index (κ3) is 2.34. The summed E-state index contributed by atoms with van der Waals surface area (Å²) in [7, 11) is 0. The second-order valence-electron chi connectivity index (χ2n) is 4.15. The van der Waals surface area contributed by atoms with E-state index in [1.165, 1.54) is 11.1 Å². The van der Waals surface area contributed by atoms with Gasteiger partial charge < -0.3 is 0 Å². The van der Waals surface area contributed by atoms with Gasteiger partial charge in [-0.05, 0) is 36.0 Å². The standard InChI is InChI=1S/C13H19F/c1-5-13(14)11-6-7-12(9(2)3)10(4)8-11/h6-9,13H,5H2,1-4H3. The van der Waals surface area contributed by atoms with Crippen molar-refractivity contribution in [2.45, 2.75) is 46.2 Å². The van der Waals surface area contributed by atoms with Crippen LogP contribution in [0.25, 0.3) is 0 Å². The maximum atomic E-state index is 13.4. The summed E-state index contributed by atoms with van der Waals surface area (Å²) >= 11 is 0. The highest BCUT2D eigenvalue weighted by atomic mass is 19.1. The molecule has 1 aromatic carbocycles. The van der Waals surface area contributed by atoms with Gasteiger partial charge in [-0.25, -0.2) is 4.39 Å². The molecule has 1 heteroatoms. The van der Waals surface area contributed by atoms with Crippen LogP contribution < -0.4 is 0 Å². The van der Waals surface area contributed by atoms with Crippen LogP contribution in [0.5, 0.6) is 0 Å². The van der Waals surface area contributed by atoms with Crippen LogP contribution in [-0.2, 0) is 0 Å². The van der Waals surface area contributed by atoms with Crippen LogP contribution in [0.1, 0.15) is 56.0 Å². The quantitative estimate of drug-likeness (QED) is 0.662. The summed E-state index contributed by atoms with van der Waals surface area (Å²) in [4.78, 5) is 0. The van der Waals surface area contributed by atoms with Gasteiger partial charge >= 0.3 is 0 Å². The van der Waals surface area contributed by atoms with Crippen LogP contribution in [0.15, 0.2) is 18.2 Å². The van der Waals surface area contributed by atoms with Gasteiger partial charge in [-0.3, -0.25) is 0 Å². The first-order valence-corrected chi connectivity index (χ1v) is 5.30. The molecule has 14 heavy (non-hydrogen) atoms. The van der Waals surface area contributed by atoms with Crippen molar-refractivity contribution in [3.63, 3.8) is 0 Å². The number of halogens is 1. The van der Waals surface area contributed by atoms with Gasteiger partial charge in [0.2, 0.25) is 0 Å². The molecule has 0 spiro atoms. The zero-order valence-corrected chi connectivity index (χ0v) is 9.47. The first-order valence-electron chi connectivity index (χ1n) is 5.30. The lowest BCUT2D eigenvalue weighted by atomic mass is 9.95. The highest BCUT2D eigenvalue weighted by Gasteiger charge is 2.09. The number of alkyl halides is 1. The Morgan fingerprint density at radius 1 is 1.29 bits per heavy atom. The van der Waals surface area contributed by atoms with E-state index >= 15 is 0 Å². The number of aryl methyl sites for hydroxylation is 1. The fourth-order valence-electron chi connectivity index (χ4n) is 1.78. The predicted octanol–water partition coefficient (Wildman–Crippen LogP) is 4.54. The molecule has 1 aromatic rings. The van der Waals surface area contributed by atoms with Crippen LogP contribution in [0.3, 0.4) is 0 Å². The molecule has 0 bridgehead atoms. The molecule has 0 radical (unpaired) electrons. The minimum absolute atomic E-state index is 0.517. The SMILES string of the molecule is CCC(F)c1ccc(C(C)C)c(C)c1. The highest BCUT2D eigenvalue weighted by molar-refractivity contribution is 5.34. The molecular weight excluding hydrogens is 175 g/mol. The van der Waals surface area contributed by atoms with Gasteiger partial charge in [0, 0.05) is 0 Å². The molecule has 0 saturated heterocycles. The second-order valence-corrected chi connectivity index (χ2v) is 4.15. The van der Waals surface area contributed by atoms with Crippen LogP contribution in [0.2, 0.25) is 0 Å². The minimum Gasteiger partial charge on any atom is -0.242 e. The molecule has 0 heterocycles. The molecule has 0 nitrogen and oxygen atoms in total. The van der Waals surface area contributed by atoms with E-state index in [0.717, 1.165) is 5.56 Å². The van der Waals surface area contributed by atoms with E-state index in [4.69, 9.17) is 0 Å². The van der Waals surface area contributed by atoms with Crippen LogP contribution >= 0.6 is 0 Å². The van der Waals surface area contributed by atoms with Crippen molar-refractivity contribution in [3.05, 3.63) is 34.9 Å². The fourth-order valence-corrected chi connectivity index (χ4v) is 1.78. The molecule has 0 aliphatic rings. The second kappa shape index (κ2) is 4.59. The highest BCUT2D eigenvalue weighted by Crippen LogP contribution is 2.26. The molecule has 0 fully saturated rings. The zero-order valence-electron chi connectivity index (χ0n) is 9.47. The Morgan fingerprint density at radius 2 is 1.93 bits per heavy atom. The fraction of sp³-hybridized carbons (Fsp3) is 0.538. The lowest BCUT2D eigenvalue weighted by Crippen LogP contribution is -1.96. The molecule has 78 valence electrons. The third-order valence-corrected chi connectivity index (χ3v) is 2.64. The van der Waals surface area contributed by atoms with Gasteiger partial charge in [-0.1, -0.05) is 39.0 Å². The average Bonchev–Trinajstić information content (AvgIpc) is 2.15. The van der Waals surface area contributed by atoms with Crippen molar-refractivity contribution < 1.29 is 4.39 Å². The Bertz CT molecular complexity index is 302. The molecule has 0 N–H and O–H groups in total. The van der Waals surface area contributed by atoms with Crippen LogP contribution in [0.4, 0.5) is 4.39 Å². The zero-order chi connectivity index (χ0) is 10.7. The Morgan fingerprint density at radius 3 is 2.36 bits per heavy atom. The van der Waals surface area contributed by atoms with Gasteiger partial charge in [0.25, 0.3) is 0 Å². The number of hydrogen-bond acceptors (Lipinski definition) is 0. The molecule has 1 unspecified atom stereocenters. The smallest absolute Gasteiger partial charge is 0.125 e. The Labute approximate surface area is 86.2 Å². The van der Waals surface area contributed by atoms with E-state index in [2.05, 4.69) is 26.8 Å². The maximum absolute atomic E-state index is 13.4. The van der Waals surface area contributed by atoms with Crippen molar-refractivity contribution in [1.82, 2.24) is 0 Å². The largest absolute Gasteiger partial charge is 0.242 e. The van der Waals surface area contributed by atoms with Crippen LogP contribution in [0, 0.1) is 6.92 Å². The van der Waals surface area contributed by atoms with Crippen molar-refractivity contribution in [1.29, 1.82) is 0 Å². The first-order chi connectivity index (χ1) is 6.56. The summed E-state index contributed by atoms with van der Waals surface area (Å²) < 4.78 is 13.4. The molecule has 0 aromatic heterocycles. The van der Waals surface area contributed by atoms with Gasteiger partial charge in [0.05, 0.1) is 0 Å². The Balaban J connectivity index is 3.00. The summed E-state index contributed by atoms with van der Waals surface area (Å²) in [6.07, 6.45) is -0.254. The summed E-state index contributed by atoms with van der Waals surface area (Å²) in [6.45, 7) is 8.25. The molecule has 1 atom stereocenters. The summed E-state index contributed by atoms with van der Waals surface area (Å²) in [5, 5.41) is 0. The minimum atomic E-state index is -0.810. The number of rotatable bonds is 3. The molecule has 0 aliphatic heterocycles. The van der Waals surface area contributed by atoms with Crippen molar-refractivity contribution in [2.75, 3.05) is 0 Å². The Kier molecular flexibility index (Phi) is 3.68. The molecule has 0 saturated carbocycles. The van der Waals surface area contributed by atoms with E-state index < -0.39 is 6.17 Å².